The van der Waals surface area contributed by atoms with Crippen LogP contribution in [0.15, 0.2) is 17.5 Å². The number of aliphatic hydroxyl groups excluding tert-OH is 1. The number of hydrogen-bond acceptors (Lipinski definition) is 3. The fraction of sp³-hybridized carbons (Fsp3) is 0.500. The van der Waals surface area contributed by atoms with E-state index in [1.54, 1.807) is 11.3 Å². The molecule has 0 spiro atoms. The van der Waals surface area contributed by atoms with Crippen molar-refractivity contribution in [3.05, 3.63) is 39.3 Å². The van der Waals surface area contributed by atoms with E-state index in [0.29, 0.717) is 6.42 Å². The molecule has 18 heavy (non-hydrogen) atoms. The van der Waals surface area contributed by atoms with Crippen LogP contribution < -0.4 is 0 Å². The molecule has 2 aromatic rings. The van der Waals surface area contributed by atoms with Gasteiger partial charge >= 0.3 is 0 Å². The number of aryl methyl sites for hydroxylation is 3. The first-order valence-electron chi connectivity index (χ1n) is 6.43. The maximum absolute atomic E-state index is 10.4. The van der Waals surface area contributed by atoms with Gasteiger partial charge in [-0.15, -0.1) is 11.3 Å². The molecule has 1 N–H and O–H groups in total. The number of thiophene rings is 1. The van der Waals surface area contributed by atoms with E-state index in [9.17, 15) is 5.11 Å². The lowest BCUT2D eigenvalue weighted by molar-refractivity contribution is 0.178. The molecule has 98 valence electrons. The molecule has 0 amide bonds. The lowest BCUT2D eigenvalue weighted by Crippen LogP contribution is -2.08. The molecule has 0 saturated heterocycles. The molecule has 1 unspecified atom stereocenters. The van der Waals surface area contributed by atoms with Gasteiger partial charge in [-0.3, -0.25) is 4.68 Å². The third-order valence-electron chi connectivity index (χ3n) is 3.15. The second-order valence-corrected chi connectivity index (χ2v) is 5.42. The highest BCUT2D eigenvalue weighted by molar-refractivity contribution is 7.10. The van der Waals surface area contributed by atoms with Crippen molar-refractivity contribution >= 4 is 11.3 Å². The molecule has 4 heteroatoms. The van der Waals surface area contributed by atoms with Gasteiger partial charge in [0.15, 0.2) is 0 Å². The zero-order valence-corrected chi connectivity index (χ0v) is 12.0. The summed E-state index contributed by atoms with van der Waals surface area (Å²) in [6.45, 7) is 7.04. The summed E-state index contributed by atoms with van der Waals surface area (Å²) >= 11 is 1.64. The van der Waals surface area contributed by atoms with Gasteiger partial charge in [-0.25, -0.2) is 0 Å². The minimum Gasteiger partial charge on any atom is -0.387 e. The summed E-state index contributed by atoms with van der Waals surface area (Å²) in [4.78, 5) is 1.10. The largest absolute Gasteiger partial charge is 0.387 e. The van der Waals surface area contributed by atoms with Crippen LogP contribution in [0.25, 0.3) is 0 Å². The van der Waals surface area contributed by atoms with Gasteiger partial charge in [0.1, 0.15) is 0 Å². The van der Waals surface area contributed by atoms with Crippen molar-refractivity contribution in [2.45, 2.75) is 46.3 Å². The molecule has 3 nitrogen and oxygen atoms in total. The molecule has 0 aliphatic carbocycles. The van der Waals surface area contributed by atoms with Gasteiger partial charge in [0, 0.05) is 23.5 Å². The average Bonchev–Trinajstić information content (AvgIpc) is 2.95. The van der Waals surface area contributed by atoms with Gasteiger partial charge in [-0.1, -0.05) is 6.92 Å². The highest BCUT2D eigenvalue weighted by Gasteiger charge is 2.16. The van der Waals surface area contributed by atoms with Crippen molar-refractivity contribution in [2.75, 3.05) is 0 Å². The fourth-order valence-electron chi connectivity index (χ4n) is 2.26. The van der Waals surface area contributed by atoms with E-state index < -0.39 is 6.10 Å². The van der Waals surface area contributed by atoms with E-state index in [1.807, 2.05) is 11.6 Å². The Morgan fingerprint density at radius 2 is 2.22 bits per heavy atom. The monoisotopic (exact) mass is 264 g/mol. The van der Waals surface area contributed by atoms with Crippen LogP contribution in [-0.4, -0.2) is 14.9 Å². The molecular formula is C14H20N2OS. The molecule has 0 aromatic carbocycles. The molecule has 0 saturated carbocycles. The Kier molecular flexibility index (Phi) is 4.19. The standard InChI is InChI=1S/C14H20N2OS/c1-4-11-6-7-18-14(11)13(17)9-12-8-10(3)15-16(12)5-2/h6-8,13,17H,4-5,9H2,1-3H3. The quantitative estimate of drug-likeness (QED) is 0.901. The maximum atomic E-state index is 10.4. The van der Waals surface area contributed by atoms with Crippen LogP contribution >= 0.6 is 11.3 Å². The first kappa shape index (κ1) is 13.3. The molecule has 2 aromatic heterocycles. The van der Waals surface area contributed by atoms with E-state index >= 15 is 0 Å². The second kappa shape index (κ2) is 5.67. The lowest BCUT2D eigenvalue weighted by Gasteiger charge is -2.12. The van der Waals surface area contributed by atoms with Crippen LogP contribution in [0, 0.1) is 6.92 Å². The lowest BCUT2D eigenvalue weighted by atomic mass is 10.1. The van der Waals surface area contributed by atoms with Gasteiger partial charge in [-0.05, 0) is 43.3 Å². The number of hydrogen-bond donors (Lipinski definition) is 1. The Morgan fingerprint density at radius 1 is 1.44 bits per heavy atom. The fourth-order valence-corrected chi connectivity index (χ4v) is 3.24. The first-order valence-corrected chi connectivity index (χ1v) is 7.31. The van der Waals surface area contributed by atoms with E-state index in [0.717, 1.165) is 29.2 Å². The molecule has 1 atom stereocenters. The summed E-state index contributed by atoms with van der Waals surface area (Å²) < 4.78 is 1.97. The van der Waals surface area contributed by atoms with Crippen molar-refractivity contribution in [1.29, 1.82) is 0 Å². The molecule has 0 radical (unpaired) electrons. The Labute approximate surface area is 112 Å². The SMILES string of the molecule is CCc1ccsc1C(O)Cc1cc(C)nn1CC. The van der Waals surface area contributed by atoms with E-state index in [1.165, 1.54) is 5.56 Å². The summed E-state index contributed by atoms with van der Waals surface area (Å²) in [5, 5.41) is 16.8. The molecule has 0 aliphatic heterocycles. The van der Waals surface area contributed by atoms with Crippen molar-refractivity contribution < 1.29 is 5.11 Å². The molecule has 0 bridgehead atoms. The Morgan fingerprint density at radius 3 is 2.89 bits per heavy atom. The van der Waals surface area contributed by atoms with Crippen molar-refractivity contribution in [2.24, 2.45) is 0 Å². The second-order valence-electron chi connectivity index (χ2n) is 4.48. The summed E-state index contributed by atoms with van der Waals surface area (Å²) in [6.07, 6.45) is 1.20. The van der Waals surface area contributed by atoms with Gasteiger partial charge < -0.3 is 5.11 Å². The third kappa shape index (κ3) is 2.65. The Bertz CT molecular complexity index is 516. The summed E-state index contributed by atoms with van der Waals surface area (Å²) in [7, 11) is 0. The molecule has 0 aliphatic rings. The maximum Gasteiger partial charge on any atom is 0.0939 e. The zero-order valence-electron chi connectivity index (χ0n) is 11.2. The van der Waals surface area contributed by atoms with Crippen LogP contribution in [0.2, 0.25) is 0 Å². The number of aliphatic hydroxyl groups is 1. The van der Waals surface area contributed by atoms with Gasteiger partial charge in [0.2, 0.25) is 0 Å². The average molecular weight is 264 g/mol. The van der Waals surface area contributed by atoms with Crippen LogP contribution in [0.1, 0.15) is 41.8 Å². The normalized spacial score (nSPS) is 12.9. The van der Waals surface area contributed by atoms with E-state index in [2.05, 4.69) is 36.5 Å². The number of aromatic nitrogens is 2. The molecule has 2 rings (SSSR count). The van der Waals surface area contributed by atoms with Gasteiger partial charge in [0.25, 0.3) is 0 Å². The first-order chi connectivity index (χ1) is 8.65. The topological polar surface area (TPSA) is 38.1 Å². The highest BCUT2D eigenvalue weighted by atomic mass is 32.1. The van der Waals surface area contributed by atoms with Crippen molar-refractivity contribution in [3.63, 3.8) is 0 Å². The van der Waals surface area contributed by atoms with Crippen LogP contribution in [-0.2, 0) is 19.4 Å². The molecular weight excluding hydrogens is 244 g/mol. The van der Waals surface area contributed by atoms with Crippen molar-refractivity contribution in [3.8, 4) is 0 Å². The summed E-state index contributed by atoms with van der Waals surface area (Å²) in [5.74, 6) is 0. The summed E-state index contributed by atoms with van der Waals surface area (Å²) in [6, 6.07) is 4.16. The van der Waals surface area contributed by atoms with E-state index in [4.69, 9.17) is 0 Å². The minimum absolute atomic E-state index is 0.415. The van der Waals surface area contributed by atoms with Crippen LogP contribution in [0.5, 0.6) is 0 Å². The third-order valence-corrected chi connectivity index (χ3v) is 4.21. The summed E-state index contributed by atoms with van der Waals surface area (Å²) in [5.41, 5.74) is 3.38. The Hall–Kier alpha value is -1.13. The Balaban J connectivity index is 2.18. The van der Waals surface area contributed by atoms with Gasteiger partial charge in [0.05, 0.1) is 11.8 Å². The predicted molar refractivity (Wildman–Crippen MR) is 75.0 cm³/mol. The zero-order chi connectivity index (χ0) is 13.1. The molecule has 0 fully saturated rings. The number of rotatable bonds is 5. The van der Waals surface area contributed by atoms with Crippen LogP contribution in [0.3, 0.4) is 0 Å². The van der Waals surface area contributed by atoms with E-state index in [-0.39, 0.29) is 0 Å². The number of nitrogens with zero attached hydrogens (tertiary/aromatic N) is 2. The highest BCUT2D eigenvalue weighted by Crippen LogP contribution is 2.27. The van der Waals surface area contributed by atoms with Crippen LogP contribution in [0.4, 0.5) is 0 Å². The minimum atomic E-state index is -0.415. The molecule has 2 heterocycles. The smallest absolute Gasteiger partial charge is 0.0939 e. The predicted octanol–water partition coefficient (Wildman–Crippen LogP) is 3.11. The van der Waals surface area contributed by atoms with Gasteiger partial charge in [-0.2, -0.15) is 5.10 Å². The van der Waals surface area contributed by atoms with Crippen molar-refractivity contribution in [1.82, 2.24) is 9.78 Å².